The Kier molecular flexibility index (Phi) is 4.19. The van der Waals surface area contributed by atoms with Gasteiger partial charge in [-0.1, -0.05) is 11.6 Å². The van der Waals surface area contributed by atoms with Gasteiger partial charge >= 0.3 is 0 Å². The Morgan fingerprint density at radius 2 is 2.33 bits per heavy atom. The van der Waals surface area contributed by atoms with Crippen LogP contribution >= 0.6 is 11.6 Å². The molecule has 98 valence electrons. The van der Waals surface area contributed by atoms with Gasteiger partial charge in [-0.2, -0.15) is 0 Å². The second-order valence-corrected chi connectivity index (χ2v) is 4.91. The molecule has 0 bridgehead atoms. The van der Waals surface area contributed by atoms with Crippen LogP contribution in [0.2, 0.25) is 5.02 Å². The highest BCUT2D eigenvalue weighted by molar-refractivity contribution is 6.33. The Morgan fingerprint density at radius 1 is 1.56 bits per heavy atom. The first-order valence-electron chi connectivity index (χ1n) is 6.03. The van der Waals surface area contributed by atoms with Crippen molar-refractivity contribution in [1.82, 2.24) is 10.2 Å². The molecule has 3 nitrogen and oxygen atoms in total. The standard InChI is InChI=1S/C13H16ClFN2O/c1-16-10-3-2-6-17(8-10)13(18)11-5-4-9(15)7-12(11)14/h4-5,7,10,16H,2-3,6,8H2,1H3. The zero-order valence-corrected chi connectivity index (χ0v) is 11.0. The van der Waals surface area contributed by atoms with E-state index in [1.54, 1.807) is 4.90 Å². The normalized spacial score (nSPS) is 19.9. The first-order valence-corrected chi connectivity index (χ1v) is 6.41. The Bertz CT molecular complexity index is 453. The average Bonchev–Trinajstić information content (AvgIpc) is 2.38. The van der Waals surface area contributed by atoms with Gasteiger partial charge in [-0.05, 0) is 38.1 Å². The molecule has 2 rings (SSSR count). The molecule has 1 aromatic rings. The molecule has 1 amide bonds. The molecule has 1 aromatic carbocycles. The van der Waals surface area contributed by atoms with Crippen LogP contribution in [0.3, 0.4) is 0 Å². The maximum absolute atomic E-state index is 13.0. The molecule has 1 unspecified atom stereocenters. The maximum Gasteiger partial charge on any atom is 0.255 e. The van der Waals surface area contributed by atoms with Crippen LogP contribution in [0.1, 0.15) is 23.2 Å². The molecule has 1 heterocycles. The minimum Gasteiger partial charge on any atom is -0.337 e. The summed E-state index contributed by atoms with van der Waals surface area (Å²) in [5.74, 6) is -0.553. The van der Waals surface area contributed by atoms with Gasteiger partial charge in [-0.3, -0.25) is 4.79 Å². The molecule has 0 aromatic heterocycles. The second-order valence-electron chi connectivity index (χ2n) is 4.50. The third-order valence-corrected chi connectivity index (χ3v) is 3.59. The van der Waals surface area contributed by atoms with Crippen molar-refractivity contribution in [1.29, 1.82) is 0 Å². The molecule has 1 aliphatic rings. The summed E-state index contributed by atoms with van der Waals surface area (Å²) in [4.78, 5) is 14.1. The topological polar surface area (TPSA) is 32.3 Å². The monoisotopic (exact) mass is 270 g/mol. The number of halogens is 2. The highest BCUT2D eigenvalue weighted by Gasteiger charge is 2.24. The van der Waals surface area contributed by atoms with Gasteiger partial charge in [-0.15, -0.1) is 0 Å². The van der Waals surface area contributed by atoms with Gasteiger partial charge in [0.05, 0.1) is 10.6 Å². The van der Waals surface area contributed by atoms with E-state index in [9.17, 15) is 9.18 Å². The van der Waals surface area contributed by atoms with E-state index in [2.05, 4.69) is 5.32 Å². The first-order chi connectivity index (χ1) is 8.61. The van der Waals surface area contributed by atoms with E-state index in [-0.39, 0.29) is 10.9 Å². The van der Waals surface area contributed by atoms with E-state index in [0.29, 0.717) is 18.2 Å². The number of hydrogen-bond donors (Lipinski definition) is 1. The highest BCUT2D eigenvalue weighted by atomic mass is 35.5. The highest BCUT2D eigenvalue weighted by Crippen LogP contribution is 2.21. The molecule has 1 N–H and O–H groups in total. The summed E-state index contributed by atoms with van der Waals surface area (Å²) in [6.45, 7) is 1.40. The predicted molar refractivity (Wildman–Crippen MR) is 69.4 cm³/mol. The van der Waals surface area contributed by atoms with Crippen molar-refractivity contribution in [2.75, 3.05) is 20.1 Å². The van der Waals surface area contributed by atoms with Gasteiger partial charge in [0.2, 0.25) is 0 Å². The molecule has 1 fully saturated rings. The molecule has 18 heavy (non-hydrogen) atoms. The number of nitrogens with zero attached hydrogens (tertiary/aromatic N) is 1. The molecule has 0 saturated carbocycles. The minimum atomic E-state index is -0.428. The Morgan fingerprint density at radius 3 is 3.00 bits per heavy atom. The third-order valence-electron chi connectivity index (χ3n) is 3.28. The third kappa shape index (κ3) is 2.82. The van der Waals surface area contributed by atoms with Crippen molar-refractivity contribution in [2.24, 2.45) is 0 Å². The molecule has 1 saturated heterocycles. The number of likely N-dealkylation sites (N-methyl/N-ethyl adjacent to an activating group) is 1. The number of rotatable bonds is 2. The van der Waals surface area contributed by atoms with Gasteiger partial charge < -0.3 is 10.2 Å². The lowest BCUT2D eigenvalue weighted by molar-refractivity contribution is 0.0698. The molecule has 0 radical (unpaired) electrons. The fraction of sp³-hybridized carbons (Fsp3) is 0.462. The van der Waals surface area contributed by atoms with Gasteiger partial charge in [0.15, 0.2) is 0 Å². The van der Waals surface area contributed by atoms with Gasteiger partial charge in [0.25, 0.3) is 5.91 Å². The van der Waals surface area contributed by atoms with Gasteiger partial charge in [0, 0.05) is 19.1 Å². The molecule has 5 heteroatoms. The van der Waals surface area contributed by atoms with E-state index >= 15 is 0 Å². The fourth-order valence-corrected chi connectivity index (χ4v) is 2.48. The smallest absolute Gasteiger partial charge is 0.255 e. The Hall–Kier alpha value is -1.13. The van der Waals surface area contributed by atoms with Crippen LogP contribution in [0.4, 0.5) is 4.39 Å². The summed E-state index contributed by atoms with van der Waals surface area (Å²) in [5, 5.41) is 3.35. The van der Waals surface area contributed by atoms with Crippen LogP contribution in [0, 0.1) is 5.82 Å². The molecule has 0 aliphatic carbocycles. The zero-order chi connectivity index (χ0) is 13.1. The number of carbonyl (C=O) groups is 1. The van der Waals surface area contributed by atoms with E-state index < -0.39 is 5.82 Å². The lowest BCUT2D eigenvalue weighted by atomic mass is 10.0. The van der Waals surface area contributed by atoms with E-state index in [1.807, 2.05) is 7.05 Å². The van der Waals surface area contributed by atoms with Gasteiger partial charge in [0.1, 0.15) is 5.82 Å². The number of carbonyl (C=O) groups excluding carboxylic acids is 1. The molecule has 1 aliphatic heterocycles. The van der Waals surface area contributed by atoms with E-state index in [1.165, 1.54) is 18.2 Å². The van der Waals surface area contributed by atoms with Crippen molar-refractivity contribution >= 4 is 17.5 Å². The predicted octanol–water partition coefficient (Wildman–Crippen LogP) is 2.30. The van der Waals surface area contributed by atoms with Crippen molar-refractivity contribution in [3.63, 3.8) is 0 Å². The summed E-state index contributed by atoms with van der Waals surface area (Å²) in [5.41, 5.74) is 0.370. The van der Waals surface area contributed by atoms with Crippen LogP contribution < -0.4 is 5.32 Å². The van der Waals surface area contributed by atoms with Crippen LogP contribution in [0.25, 0.3) is 0 Å². The van der Waals surface area contributed by atoms with Crippen molar-refractivity contribution in [3.05, 3.63) is 34.6 Å². The minimum absolute atomic E-state index is 0.125. The summed E-state index contributed by atoms with van der Waals surface area (Å²) in [6.07, 6.45) is 2.04. The lowest BCUT2D eigenvalue weighted by Gasteiger charge is -2.32. The van der Waals surface area contributed by atoms with Crippen LogP contribution in [0.15, 0.2) is 18.2 Å². The van der Waals surface area contributed by atoms with Crippen molar-refractivity contribution < 1.29 is 9.18 Å². The maximum atomic E-state index is 13.0. The second kappa shape index (κ2) is 5.67. The SMILES string of the molecule is CNC1CCCN(C(=O)c2ccc(F)cc2Cl)C1. The largest absolute Gasteiger partial charge is 0.337 e. The molecule has 1 atom stereocenters. The summed E-state index contributed by atoms with van der Waals surface area (Å²) >= 11 is 5.91. The first kappa shape index (κ1) is 13.3. The summed E-state index contributed by atoms with van der Waals surface area (Å²) in [6, 6.07) is 4.21. The number of hydrogen-bond acceptors (Lipinski definition) is 2. The molecular formula is C13H16ClFN2O. The van der Waals surface area contributed by atoms with Crippen LogP contribution in [-0.2, 0) is 0 Å². The number of piperidine rings is 1. The number of likely N-dealkylation sites (tertiary alicyclic amines) is 1. The number of nitrogens with one attached hydrogen (secondary N) is 1. The van der Waals surface area contributed by atoms with Crippen LogP contribution in [0.5, 0.6) is 0 Å². The van der Waals surface area contributed by atoms with Crippen molar-refractivity contribution in [3.8, 4) is 0 Å². The molecular weight excluding hydrogens is 255 g/mol. The summed E-state index contributed by atoms with van der Waals surface area (Å²) in [7, 11) is 1.89. The van der Waals surface area contributed by atoms with E-state index in [0.717, 1.165) is 19.4 Å². The number of amides is 1. The van der Waals surface area contributed by atoms with Crippen molar-refractivity contribution in [2.45, 2.75) is 18.9 Å². The quantitative estimate of drug-likeness (QED) is 0.894. The summed E-state index contributed by atoms with van der Waals surface area (Å²) < 4.78 is 13.0. The Balaban J connectivity index is 2.15. The lowest BCUT2D eigenvalue weighted by Crippen LogP contribution is -2.47. The van der Waals surface area contributed by atoms with E-state index in [4.69, 9.17) is 11.6 Å². The Labute approximate surface area is 111 Å². The zero-order valence-electron chi connectivity index (χ0n) is 10.2. The van der Waals surface area contributed by atoms with Gasteiger partial charge in [-0.25, -0.2) is 4.39 Å². The fourth-order valence-electron chi connectivity index (χ4n) is 2.23. The number of benzene rings is 1. The average molecular weight is 271 g/mol. The van der Waals surface area contributed by atoms with Crippen LogP contribution in [-0.4, -0.2) is 37.0 Å². The molecule has 0 spiro atoms.